The molecule has 2 aromatic carbocycles. The Bertz CT molecular complexity index is 821. The van der Waals surface area contributed by atoms with Crippen LogP contribution in [0.3, 0.4) is 0 Å². The molecule has 0 atom stereocenters. The molecule has 0 spiro atoms. The lowest BCUT2D eigenvalue weighted by molar-refractivity contribution is 0.186. The highest BCUT2D eigenvalue weighted by atomic mass is 32.2. The van der Waals surface area contributed by atoms with Gasteiger partial charge in [0.25, 0.3) is 0 Å². The smallest absolute Gasteiger partial charge is 0.413 e. The van der Waals surface area contributed by atoms with Crippen LogP contribution in [0.25, 0.3) is 11.0 Å². The number of carbonyl (C=O) groups excluding carboxylic acids is 1. The van der Waals surface area contributed by atoms with E-state index in [0.29, 0.717) is 5.95 Å². The third kappa shape index (κ3) is 4.46. The molecule has 124 valence electrons. The second-order valence-electron chi connectivity index (χ2n) is 4.89. The van der Waals surface area contributed by atoms with Gasteiger partial charge in [-0.1, -0.05) is 18.2 Å². The highest BCUT2D eigenvalue weighted by Gasteiger charge is 2.07. The number of thioether (sulfide) groups is 2. The molecule has 0 bridgehead atoms. The average Bonchev–Trinajstić information content (AvgIpc) is 3.01. The zero-order valence-corrected chi connectivity index (χ0v) is 14.7. The third-order valence-electron chi connectivity index (χ3n) is 3.22. The molecule has 7 heteroatoms. The number of methoxy groups -OCH3 is 1. The predicted octanol–water partition coefficient (Wildman–Crippen LogP) is 4.63. The van der Waals surface area contributed by atoms with Crippen molar-refractivity contribution in [3.8, 4) is 0 Å². The van der Waals surface area contributed by atoms with Gasteiger partial charge >= 0.3 is 6.09 Å². The number of ether oxygens (including phenoxy) is 1. The van der Waals surface area contributed by atoms with E-state index >= 15 is 0 Å². The standard InChI is InChI=1S/C17H17N3O2S2/c1-22-17(21)20-16-18-14-8-7-13(11-15(14)19-16)24-10-9-23-12-5-3-2-4-6-12/h2-8,11H,9-10H2,1H3,(H2,18,19,20,21). The Hall–Kier alpha value is -2.12. The summed E-state index contributed by atoms with van der Waals surface area (Å²) in [5, 5.41) is 2.53. The summed E-state index contributed by atoms with van der Waals surface area (Å²) in [5.41, 5.74) is 1.70. The number of H-pyrrole nitrogens is 1. The fraction of sp³-hybridized carbons (Fsp3) is 0.176. The predicted molar refractivity (Wildman–Crippen MR) is 100 cm³/mol. The van der Waals surface area contributed by atoms with E-state index < -0.39 is 6.09 Å². The number of carbonyl (C=O) groups is 1. The molecule has 0 aliphatic heterocycles. The topological polar surface area (TPSA) is 67.0 Å². The molecular weight excluding hydrogens is 342 g/mol. The molecule has 3 rings (SSSR count). The van der Waals surface area contributed by atoms with Crippen LogP contribution < -0.4 is 5.32 Å². The molecule has 0 fully saturated rings. The van der Waals surface area contributed by atoms with Crippen LogP contribution in [-0.2, 0) is 4.74 Å². The van der Waals surface area contributed by atoms with Crippen molar-refractivity contribution in [2.45, 2.75) is 9.79 Å². The molecule has 1 heterocycles. The number of nitrogens with zero attached hydrogens (tertiary/aromatic N) is 1. The van der Waals surface area contributed by atoms with E-state index in [2.05, 4.69) is 44.3 Å². The minimum absolute atomic E-state index is 0.388. The number of anilines is 1. The summed E-state index contributed by atoms with van der Waals surface area (Å²) in [6.07, 6.45) is -0.540. The lowest BCUT2D eigenvalue weighted by Crippen LogP contribution is -2.11. The number of fused-ring (bicyclic) bond motifs is 1. The molecule has 0 radical (unpaired) electrons. The van der Waals surface area contributed by atoms with Gasteiger partial charge in [-0.25, -0.2) is 9.78 Å². The Morgan fingerprint density at radius 1 is 1.12 bits per heavy atom. The number of aromatic amines is 1. The molecule has 2 N–H and O–H groups in total. The lowest BCUT2D eigenvalue weighted by Gasteiger charge is -2.02. The Balaban J connectivity index is 1.56. The van der Waals surface area contributed by atoms with Gasteiger partial charge in [0.05, 0.1) is 18.1 Å². The number of nitrogens with one attached hydrogen (secondary N) is 2. The van der Waals surface area contributed by atoms with E-state index in [1.807, 2.05) is 36.0 Å². The highest BCUT2D eigenvalue weighted by Crippen LogP contribution is 2.26. The van der Waals surface area contributed by atoms with Crippen LogP contribution in [0.1, 0.15) is 0 Å². The van der Waals surface area contributed by atoms with Crippen LogP contribution in [0.5, 0.6) is 0 Å². The molecule has 0 aliphatic rings. The zero-order chi connectivity index (χ0) is 16.8. The van der Waals surface area contributed by atoms with Crippen LogP contribution in [0, 0.1) is 0 Å². The molecule has 0 unspecified atom stereocenters. The number of aromatic nitrogens is 2. The minimum atomic E-state index is -0.540. The highest BCUT2D eigenvalue weighted by molar-refractivity contribution is 8.03. The van der Waals surface area contributed by atoms with Crippen molar-refractivity contribution >= 4 is 46.6 Å². The van der Waals surface area contributed by atoms with E-state index in [1.165, 1.54) is 16.9 Å². The molecule has 0 saturated heterocycles. The van der Waals surface area contributed by atoms with Gasteiger partial charge in [-0.2, -0.15) is 0 Å². The van der Waals surface area contributed by atoms with E-state index in [0.717, 1.165) is 22.5 Å². The third-order valence-corrected chi connectivity index (χ3v) is 5.49. The number of hydrogen-bond donors (Lipinski definition) is 2. The zero-order valence-electron chi connectivity index (χ0n) is 13.1. The second kappa shape index (κ2) is 8.12. The van der Waals surface area contributed by atoms with Gasteiger partial charge in [0, 0.05) is 21.3 Å². The molecule has 0 aliphatic carbocycles. The van der Waals surface area contributed by atoms with Crippen molar-refractivity contribution in [1.29, 1.82) is 0 Å². The summed E-state index contributed by atoms with van der Waals surface area (Å²) in [4.78, 5) is 21.1. The van der Waals surface area contributed by atoms with Crippen LogP contribution >= 0.6 is 23.5 Å². The number of imidazole rings is 1. The SMILES string of the molecule is COC(=O)Nc1nc2ccc(SCCSc3ccccc3)cc2[nH]1. The van der Waals surface area contributed by atoms with Crippen molar-refractivity contribution in [1.82, 2.24) is 9.97 Å². The lowest BCUT2D eigenvalue weighted by atomic mass is 10.3. The van der Waals surface area contributed by atoms with Crippen molar-refractivity contribution in [3.63, 3.8) is 0 Å². The van der Waals surface area contributed by atoms with Gasteiger partial charge in [-0.3, -0.25) is 5.32 Å². The summed E-state index contributed by atoms with van der Waals surface area (Å²) in [6.45, 7) is 0. The Kier molecular flexibility index (Phi) is 5.66. The summed E-state index contributed by atoms with van der Waals surface area (Å²) >= 11 is 3.66. The first-order valence-electron chi connectivity index (χ1n) is 7.40. The van der Waals surface area contributed by atoms with Gasteiger partial charge in [0.2, 0.25) is 5.95 Å². The Morgan fingerprint density at radius 2 is 1.88 bits per heavy atom. The van der Waals surface area contributed by atoms with E-state index in [9.17, 15) is 4.79 Å². The summed E-state index contributed by atoms with van der Waals surface area (Å²) in [6, 6.07) is 16.4. The van der Waals surface area contributed by atoms with Crippen molar-refractivity contribution < 1.29 is 9.53 Å². The minimum Gasteiger partial charge on any atom is -0.453 e. The molecule has 5 nitrogen and oxygen atoms in total. The molecule has 3 aromatic rings. The van der Waals surface area contributed by atoms with Gasteiger partial charge in [-0.15, -0.1) is 23.5 Å². The normalized spacial score (nSPS) is 10.7. The van der Waals surface area contributed by atoms with Crippen LogP contribution in [0.2, 0.25) is 0 Å². The van der Waals surface area contributed by atoms with E-state index in [4.69, 9.17) is 0 Å². The molecule has 24 heavy (non-hydrogen) atoms. The summed E-state index contributed by atoms with van der Waals surface area (Å²) in [5.74, 6) is 2.45. The first kappa shape index (κ1) is 16.7. The Morgan fingerprint density at radius 3 is 2.62 bits per heavy atom. The molecule has 1 amide bonds. The van der Waals surface area contributed by atoms with Crippen molar-refractivity contribution in [3.05, 3.63) is 48.5 Å². The monoisotopic (exact) mass is 359 g/mol. The van der Waals surface area contributed by atoms with Gasteiger partial charge in [-0.05, 0) is 30.3 Å². The molecular formula is C17H17N3O2S2. The van der Waals surface area contributed by atoms with Gasteiger partial charge in [0.1, 0.15) is 0 Å². The first-order valence-corrected chi connectivity index (χ1v) is 9.37. The summed E-state index contributed by atoms with van der Waals surface area (Å²) < 4.78 is 4.56. The number of benzene rings is 2. The number of hydrogen-bond acceptors (Lipinski definition) is 5. The van der Waals surface area contributed by atoms with Crippen molar-refractivity contribution in [2.75, 3.05) is 23.9 Å². The van der Waals surface area contributed by atoms with E-state index in [-0.39, 0.29) is 0 Å². The van der Waals surface area contributed by atoms with E-state index in [1.54, 1.807) is 11.8 Å². The second-order valence-corrected chi connectivity index (χ2v) is 7.23. The number of amides is 1. The maximum Gasteiger partial charge on any atom is 0.413 e. The Labute approximate surface area is 148 Å². The summed E-state index contributed by atoms with van der Waals surface area (Å²) in [7, 11) is 1.32. The molecule has 0 saturated carbocycles. The van der Waals surface area contributed by atoms with Crippen LogP contribution in [0.4, 0.5) is 10.7 Å². The van der Waals surface area contributed by atoms with Crippen molar-refractivity contribution in [2.24, 2.45) is 0 Å². The quantitative estimate of drug-likeness (QED) is 0.496. The van der Waals surface area contributed by atoms with Crippen LogP contribution in [0.15, 0.2) is 58.3 Å². The maximum absolute atomic E-state index is 11.2. The maximum atomic E-state index is 11.2. The fourth-order valence-electron chi connectivity index (χ4n) is 2.12. The molecule has 1 aromatic heterocycles. The van der Waals surface area contributed by atoms with Crippen LogP contribution in [-0.4, -0.2) is 34.7 Å². The first-order chi connectivity index (χ1) is 11.7. The fourth-order valence-corrected chi connectivity index (χ4v) is 3.97. The number of rotatable bonds is 6. The largest absolute Gasteiger partial charge is 0.453 e. The van der Waals surface area contributed by atoms with Gasteiger partial charge in [0.15, 0.2) is 0 Å². The average molecular weight is 359 g/mol. The van der Waals surface area contributed by atoms with Gasteiger partial charge < -0.3 is 9.72 Å².